The maximum atomic E-state index is 13.6. The van der Waals surface area contributed by atoms with Crippen LogP contribution in [0.25, 0.3) is 11.3 Å². The van der Waals surface area contributed by atoms with Gasteiger partial charge in [0.15, 0.2) is 0 Å². The standard InChI is InChI=1S/C26H20Cl2N2O4/c27-19-6-8-21(22(28)15-19)25(31)30(23(26(32)33)14-17-4-2-1-3-5-17)16-20-7-9-24(34-20)18-10-12-29-13-11-18/h1-13,15,23H,14,16H2,(H,32,33)/t23-/m0/s1. The van der Waals surface area contributed by atoms with Gasteiger partial charge in [-0.3, -0.25) is 9.78 Å². The molecule has 6 nitrogen and oxygen atoms in total. The fraction of sp³-hybridized carbons (Fsp3) is 0.115. The quantitative estimate of drug-likeness (QED) is 0.325. The molecule has 2 heterocycles. The van der Waals surface area contributed by atoms with E-state index in [1.54, 1.807) is 42.7 Å². The Labute approximate surface area is 206 Å². The number of halogens is 2. The molecule has 0 saturated heterocycles. The van der Waals surface area contributed by atoms with Gasteiger partial charge in [-0.05, 0) is 48.0 Å². The van der Waals surface area contributed by atoms with Crippen LogP contribution in [0.5, 0.6) is 0 Å². The summed E-state index contributed by atoms with van der Waals surface area (Å²) in [4.78, 5) is 31.2. The van der Waals surface area contributed by atoms with Crippen molar-refractivity contribution in [1.82, 2.24) is 9.88 Å². The van der Waals surface area contributed by atoms with Crippen molar-refractivity contribution in [3.8, 4) is 11.3 Å². The molecule has 4 rings (SSSR count). The maximum absolute atomic E-state index is 13.6. The van der Waals surface area contributed by atoms with E-state index in [1.165, 1.54) is 17.0 Å². The van der Waals surface area contributed by atoms with Crippen LogP contribution in [0.2, 0.25) is 10.0 Å². The summed E-state index contributed by atoms with van der Waals surface area (Å²) in [7, 11) is 0. The fourth-order valence-corrected chi connectivity index (χ4v) is 4.10. The van der Waals surface area contributed by atoms with E-state index in [4.69, 9.17) is 27.6 Å². The number of pyridine rings is 1. The van der Waals surface area contributed by atoms with Crippen molar-refractivity contribution >= 4 is 35.1 Å². The molecule has 172 valence electrons. The summed E-state index contributed by atoms with van der Waals surface area (Å²) in [6, 6.07) is 19.6. The van der Waals surface area contributed by atoms with E-state index in [-0.39, 0.29) is 23.6 Å². The molecular weight excluding hydrogens is 475 g/mol. The van der Waals surface area contributed by atoms with Crippen molar-refractivity contribution in [3.05, 3.63) is 112 Å². The van der Waals surface area contributed by atoms with Gasteiger partial charge in [-0.15, -0.1) is 0 Å². The molecule has 2 aromatic heterocycles. The second-order valence-electron chi connectivity index (χ2n) is 7.60. The minimum Gasteiger partial charge on any atom is -0.480 e. The molecule has 1 N–H and O–H groups in total. The molecule has 0 aliphatic heterocycles. The second-order valence-corrected chi connectivity index (χ2v) is 8.45. The molecule has 0 saturated carbocycles. The Balaban J connectivity index is 1.70. The first kappa shape index (κ1) is 23.5. The predicted molar refractivity (Wildman–Crippen MR) is 130 cm³/mol. The Morgan fingerprint density at radius 1 is 0.971 bits per heavy atom. The monoisotopic (exact) mass is 494 g/mol. The van der Waals surface area contributed by atoms with Gasteiger partial charge in [0.2, 0.25) is 0 Å². The van der Waals surface area contributed by atoms with Gasteiger partial charge in [0, 0.05) is 29.4 Å². The van der Waals surface area contributed by atoms with Crippen molar-refractivity contribution in [2.75, 3.05) is 0 Å². The van der Waals surface area contributed by atoms with Crippen molar-refractivity contribution in [2.24, 2.45) is 0 Å². The number of hydrogen-bond acceptors (Lipinski definition) is 4. The van der Waals surface area contributed by atoms with E-state index in [0.717, 1.165) is 11.1 Å². The maximum Gasteiger partial charge on any atom is 0.326 e. The third-order valence-electron chi connectivity index (χ3n) is 5.31. The number of amides is 1. The average Bonchev–Trinajstić information content (AvgIpc) is 3.31. The molecule has 8 heteroatoms. The highest BCUT2D eigenvalue weighted by atomic mass is 35.5. The van der Waals surface area contributed by atoms with Gasteiger partial charge in [-0.2, -0.15) is 0 Å². The minimum absolute atomic E-state index is 0.0628. The van der Waals surface area contributed by atoms with Crippen LogP contribution >= 0.6 is 23.2 Å². The first-order valence-corrected chi connectivity index (χ1v) is 11.2. The number of hydrogen-bond donors (Lipinski definition) is 1. The number of aromatic nitrogens is 1. The summed E-state index contributed by atoms with van der Waals surface area (Å²) in [5.74, 6) is -0.649. The predicted octanol–water partition coefficient (Wildman–Crippen LogP) is 5.99. The number of rotatable bonds is 8. The molecule has 2 aromatic carbocycles. The summed E-state index contributed by atoms with van der Waals surface area (Å²) in [5.41, 5.74) is 1.76. The number of nitrogens with zero attached hydrogens (tertiary/aromatic N) is 2. The Hall–Kier alpha value is -3.61. The Kier molecular flexibility index (Phi) is 7.30. The zero-order valence-corrected chi connectivity index (χ0v) is 19.4. The molecule has 4 aromatic rings. The summed E-state index contributed by atoms with van der Waals surface area (Å²) in [5, 5.41) is 10.6. The van der Waals surface area contributed by atoms with Crippen molar-refractivity contribution in [3.63, 3.8) is 0 Å². The Bertz CT molecular complexity index is 1290. The van der Waals surface area contributed by atoms with Gasteiger partial charge in [0.1, 0.15) is 17.6 Å². The van der Waals surface area contributed by atoms with Gasteiger partial charge in [0.05, 0.1) is 17.1 Å². The normalized spacial score (nSPS) is 11.7. The Morgan fingerprint density at radius 2 is 1.71 bits per heavy atom. The lowest BCUT2D eigenvalue weighted by Crippen LogP contribution is -2.46. The number of carbonyl (C=O) groups is 2. The largest absolute Gasteiger partial charge is 0.480 e. The molecule has 0 aliphatic carbocycles. The summed E-state index contributed by atoms with van der Waals surface area (Å²) >= 11 is 12.3. The topological polar surface area (TPSA) is 83.6 Å². The molecule has 34 heavy (non-hydrogen) atoms. The van der Waals surface area contributed by atoms with E-state index in [2.05, 4.69) is 4.98 Å². The van der Waals surface area contributed by atoms with Gasteiger partial charge in [0.25, 0.3) is 5.91 Å². The summed E-state index contributed by atoms with van der Waals surface area (Å²) in [6.07, 6.45) is 3.41. The third kappa shape index (κ3) is 5.47. The molecular formula is C26H20Cl2N2O4. The first-order valence-electron chi connectivity index (χ1n) is 10.4. The van der Waals surface area contributed by atoms with E-state index in [0.29, 0.717) is 16.5 Å². The number of aliphatic carboxylic acids is 1. The lowest BCUT2D eigenvalue weighted by Gasteiger charge is -2.29. The highest BCUT2D eigenvalue weighted by Crippen LogP contribution is 2.27. The molecule has 0 unspecified atom stereocenters. The highest BCUT2D eigenvalue weighted by Gasteiger charge is 2.32. The lowest BCUT2D eigenvalue weighted by atomic mass is 10.0. The number of benzene rings is 2. The van der Waals surface area contributed by atoms with E-state index < -0.39 is 17.9 Å². The smallest absolute Gasteiger partial charge is 0.326 e. The molecule has 1 atom stereocenters. The second kappa shape index (κ2) is 10.5. The van der Waals surface area contributed by atoms with Crippen LogP contribution in [0.3, 0.4) is 0 Å². The molecule has 0 aliphatic rings. The van der Waals surface area contributed by atoms with Crippen molar-refractivity contribution in [1.29, 1.82) is 0 Å². The molecule has 0 bridgehead atoms. The van der Waals surface area contributed by atoms with Crippen LogP contribution in [-0.2, 0) is 17.8 Å². The molecule has 0 radical (unpaired) electrons. The number of carbonyl (C=O) groups excluding carboxylic acids is 1. The van der Waals surface area contributed by atoms with Gasteiger partial charge < -0.3 is 14.4 Å². The van der Waals surface area contributed by atoms with Crippen LogP contribution in [0, 0.1) is 0 Å². The van der Waals surface area contributed by atoms with Gasteiger partial charge in [-0.1, -0.05) is 53.5 Å². The molecule has 0 spiro atoms. The first-order chi connectivity index (χ1) is 16.4. The van der Waals surface area contributed by atoms with E-state index in [9.17, 15) is 14.7 Å². The SMILES string of the molecule is O=C(O)[C@H](Cc1ccccc1)N(Cc1ccc(-c2ccncc2)o1)C(=O)c1ccc(Cl)cc1Cl. The van der Waals surface area contributed by atoms with Crippen molar-refractivity contribution < 1.29 is 19.1 Å². The lowest BCUT2D eigenvalue weighted by molar-refractivity contribution is -0.142. The minimum atomic E-state index is -1.16. The summed E-state index contributed by atoms with van der Waals surface area (Å²) in [6.45, 7) is -0.0628. The Morgan fingerprint density at radius 3 is 2.38 bits per heavy atom. The highest BCUT2D eigenvalue weighted by molar-refractivity contribution is 6.36. The van der Waals surface area contributed by atoms with Gasteiger partial charge in [-0.25, -0.2) is 4.79 Å². The van der Waals surface area contributed by atoms with Crippen LogP contribution in [0.4, 0.5) is 0 Å². The number of carboxylic acid groups (broad SMARTS) is 1. The average molecular weight is 495 g/mol. The van der Waals surface area contributed by atoms with E-state index >= 15 is 0 Å². The number of carboxylic acids is 1. The summed E-state index contributed by atoms with van der Waals surface area (Å²) < 4.78 is 5.95. The van der Waals surface area contributed by atoms with Crippen LogP contribution < -0.4 is 0 Å². The zero-order valence-electron chi connectivity index (χ0n) is 17.9. The number of furan rings is 1. The fourth-order valence-electron chi connectivity index (χ4n) is 3.61. The van der Waals surface area contributed by atoms with Crippen LogP contribution in [-0.4, -0.2) is 32.9 Å². The van der Waals surface area contributed by atoms with Crippen molar-refractivity contribution in [2.45, 2.75) is 19.0 Å². The van der Waals surface area contributed by atoms with E-state index in [1.807, 2.05) is 30.3 Å². The van der Waals surface area contributed by atoms with Crippen LogP contribution in [0.15, 0.2) is 89.6 Å². The third-order valence-corrected chi connectivity index (χ3v) is 5.86. The van der Waals surface area contributed by atoms with Gasteiger partial charge >= 0.3 is 5.97 Å². The van der Waals surface area contributed by atoms with Crippen LogP contribution in [0.1, 0.15) is 21.7 Å². The molecule has 0 fully saturated rings. The zero-order chi connectivity index (χ0) is 24.1. The molecule has 1 amide bonds.